The second kappa shape index (κ2) is 4.96. The van der Waals surface area contributed by atoms with E-state index in [1.165, 1.54) is 19.3 Å². The number of carbonyl (C=O) groups is 1. The van der Waals surface area contributed by atoms with Gasteiger partial charge in [-0.3, -0.25) is 10.1 Å². The number of aliphatic carboxylic acids is 1. The molecular weight excluding hydrogens is 222 g/mol. The van der Waals surface area contributed by atoms with Crippen molar-refractivity contribution < 1.29 is 9.90 Å². The van der Waals surface area contributed by atoms with Crippen LogP contribution in [0.15, 0.2) is 0 Å². The lowest BCUT2D eigenvalue weighted by atomic mass is 10.0. The fraction of sp³-hybridized carbons (Fsp3) is 0.917. The van der Waals surface area contributed by atoms with Gasteiger partial charge >= 0.3 is 5.97 Å². The van der Waals surface area contributed by atoms with Crippen molar-refractivity contribution in [1.82, 2.24) is 5.32 Å². The lowest BCUT2D eigenvalue weighted by molar-refractivity contribution is -0.140. The normalized spacial score (nSPS) is 40.6. The van der Waals surface area contributed by atoms with Crippen LogP contribution in [0, 0.1) is 5.92 Å². The summed E-state index contributed by atoms with van der Waals surface area (Å²) in [4.78, 5) is 11.1. The molecule has 92 valence electrons. The molecule has 3 nitrogen and oxygen atoms in total. The predicted molar refractivity (Wildman–Crippen MR) is 66.6 cm³/mol. The number of carboxylic acids is 1. The summed E-state index contributed by atoms with van der Waals surface area (Å²) in [6.07, 6.45) is 6.77. The van der Waals surface area contributed by atoms with Crippen LogP contribution >= 0.6 is 11.8 Å². The summed E-state index contributed by atoms with van der Waals surface area (Å²) in [6.45, 7) is 2.31. The van der Waals surface area contributed by atoms with Crippen LogP contribution in [0.4, 0.5) is 0 Å². The van der Waals surface area contributed by atoms with Crippen LogP contribution in [0.5, 0.6) is 0 Å². The first kappa shape index (κ1) is 12.2. The van der Waals surface area contributed by atoms with E-state index >= 15 is 0 Å². The van der Waals surface area contributed by atoms with Gasteiger partial charge in [0, 0.05) is 0 Å². The zero-order chi connectivity index (χ0) is 11.6. The number of hydrogen-bond acceptors (Lipinski definition) is 3. The average Bonchev–Trinajstić information content (AvgIpc) is 2.42. The number of carboxylic acid groups (broad SMARTS) is 1. The van der Waals surface area contributed by atoms with Gasteiger partial charge in [0.15, 0.2) is 0 Å². The largest absolute Gasteiger partial charge is 0.480 e. The SMILES string of the molecule is CC1CCCC2(CC1)NC(C(=O)O)CCS2. The first-order valence-electron chi connectivity index (χ1n) is 6.26. The van der Waals surface area contributed by atoms with Gasteiger partial charge in [0.25, 0.3) is 0 Å². The van der Waals surface area contributed by atoms with E-state index in [-0.39, 0.29) is 10.9 Å². The van der Waals surface area contributed by atoms with Crippen molar-refractivity contribution in [2.45, 2.75) is 56.4 Å². The average molecular weight is 243 g/mol. The highest BCUT2D eigenvalue weighted by molar-refractivity contribution is 8.00. The standard InChI is InChI=1S/C12H21NO2S/c1-9-3-2-6-12(7-4-9)13-10(11(14)15)5-8-16-12/h9-10,13H,2-8H2,1H3,(H,14,15). The van der Waals surface area contributed by atoms with Crippen molar-refractivity contribution in [1.29, 1.82) is 0 Å². The van der Waals surface area contributed by atoms with Gasteiger partial charge in [-0.05, 0) is 37.4 Å². The third-order valence-corrected chi connectivity index (χ3v) is 5.36. The molecule has 0 bridgehead atoms. The Kier molecular flexibility index (Phi) is 3.80. The van der Waals surface area contributed by atoms with Crippen molar-refractivity contribution in [2.75, 3.05) is 5.75 Å². The van der Waals surface area contributed by atoms with Crippen molar-refractivity contribution in [3.63, 3.8) is 0 Å². The monoisotopic (exact) mass is 243 g/mol. The number of rotatable bonds is 1. The smallest absolute Gasteiger partial charge is 0.320 e. The fourth-order valence-electron chi connectivity index (χ4n) is 2.76. The Hall–Kier alpha value is -0.220. The van der Waals surface area contributed by atoms with Crippen molar-refractivity contribution in [3.8, 4) is 0 Å². The lowest BCUT2D eigenvalue weighted by Crippen LogP contribution is -2.54. The third kappa shape index (κ3) is 2.72. The topological polar surface area (TPSA) is 49.3 Å². The van der Waals surface area contributed by atoms with Gasteiger partial charge in [-0.1, -0.05) is 19.8 Å². The van der Waals surface area contributed by atoms with Crippen LogP contribution in [0.1, 0.15) is 45.4 Å². The molecule has 3 atom stereocenters. The van der Waals surface area contributed by atoms with E-state index in [4.69, 9.17) is 5.11 Å². The third-order valence-electron chi connectivity index (χ3n) is 3.84. The zero-order valence-corrected chi connectivity index (χ0v) is 10.7. The van der Waals surface area contributed by atoms with Crippen LogP contribution in [0.3, 0.4) is 0 Å². The summed E-state index contributed by atoms with van der Waals surface area (Å²) in [5, 5.41) is 12.5. The molecule has 2 aliphatic rings. The molecule has 1 saturated carbocycles. The molecule has 0 amide bonds. The summed E-state index contributed by atoms with van der Waals surface area (Å²) < 4.78 is 0. The van der Waals surface area contributed by atoms with Gasteiger partial charge in [0.2, 0.25) is 0 Å². The van der Waals surface area contributed by atoms with Gasteiger partial charge in [-0.15, -0.1) is 11.8 Å². The Balaban J connectivity index is 2.02. The van der Waals surface area contributed by atoms with E-state index in [2.05, 4.69) is 12.2 Å². The fourth-order valence-corrected chi connectivity index (χ4v) is 4.28. The Morgan fingerprint density at radius 2 is 2.19 bits per heavy atom. The highest BCUT2D eigenvalue weighted by Gasteiger charge is 2.39. The van der Waals surface area contributed by atoms with Gasteiger partial charge in [-0.25, -0.2) is 0 Å². The summed E-state index contributed by atoms with van der Waals surface area (Å²) >= 11 is 1.95. The minimum Gasteiger partial charge on any atom is -0.480 e. The molecule has 1 aliphatic heterocycles. The Bertz CT molecular complexity index is 272. The van der Waals surface area contributed by atoms with Crippen molar-refractivity contribution >= 4 is 17.7 Å². The van der Waals surface area contributed by atoms with Gasteiger partial charge < -0.3 is 5.11 Å². The summed E-state index contributed by atoms with van der Waals surface area (Å²) in [5.74, 6) is 1.10. The van der Waals surface area contributed by atoms with Crippen LogP contribution in [-0.4, -0.2) is 27.7 Å². The zero-order valence-electron chi connectivity index (χ0n) is 9.87. The molecule has 2 fully saturated rings. The maximum atomic E-state index is 11.1. The van der Waals surface area contributed by atoms with Crippen molar-refractivity contribution in [3.05, 3.63) is 0 Å². The molecule has 1 spiro atoms. The molecule has 16 heavy (non-hydrogen) atoms. The minimum absolute atomic E-state index is 0.0616. The number of thioether (sulfide) groups is 1. The number of nitrogens with one attached hydrogen (secondary N) is 1. The van der Waals surface area contributed by atoms with E-state index in [9.17, 15) is 4.79 Å². The molecule has 1 saturated heterocycles. The molecule has 4 heteroatoms. The van der Waals surface area contributed by atoms with Gasteiger partial charge in [-0.2, -0.15) is 0 Å². The van der Waals surface area contributed by atoms with E-state index in [1.54, 1.807) is 0 Å². The molecular formula is C12H21NO2S. The second-order valence-electron chi connectivity index (χ2n) is 5.20. The maximum absolute atomic E-state index is 11.1. The molecule has 3 unspecified atom stereocenters. The van der Waals surface area contributed by atoms with Crippen molar-refractivity contribution in [2.24, 2.45) is 5.92 Å². The minimum atomic E-state index is -0.683. The molecule has 1 heterocycles. The van der Waals surface area contributed by atoms with E-state index in [0.29, 0.717) is 0 Å². The van der Waals surface area contributed by atoms with Crippen LogP contribution in [-0.2, 0) is 4.79 Å². The highest BCUT2D eigenvalue weighted by Crippen LogP contribution is 2.41. The summed E-state index contributed by atoms with van der Waals surface area (Å²) in [6, 6.07) is -0.324. The first-order chi connectivity index (χ1) is 7.61. The Labute approximate surface area is 101 Å². The molecule has 2 rings (SSSR count). The molecule has 0 aromatic carbocycles. The van der Waals surface area contributed by atoms with Gasteiger partial charge in [0.05, 0.1) is 4.87 Å². The molecule has 0 aromatic heterocycles. The molecule has 2 N–H and O–H groups in total. The molecule has 0 radical (unpaired) electrons. The summed E-state index contributed by atoms with van der Waals surface area (Å²) in [7, 11) is 0. The maximum Gasteiger partial charge on any atom is 0.320 e. The van der Waals surface area contributed by atoms with Crippen LogP contribution < -0.4 is 5.32 Å². The second-order valence-corrected chi connectivity index (χ2v) is 6.68. The number of hydrogen-bond donors (Lipinski definition) is 2. The first-order valence-corrected chi connectivity index (χ1v) is 7.24. The van der Waals surface area contributed by atoms with E-state index in [1.807, 2.05) is 11.8 Å². The quantitative estimate of drug-likeness (QED) is 0.743. The Morgan fingerprint density at radius 1 is 1.38 bits per heavy atom. The lowest BCUT2D eigenvalue weighted by Gasteiger charge is -2.40. The molecule has 0 aromatic rings. The Morgan fingerprint density at radius 3 is 2.94 bits per heavy atom. The molecule has 1 aliphatic carbocycles. The van der Waals surface area contributed by atoms with E-state index in [0.717, 1.165) is 30.9 Å². The predicted octanol–water partition coefficient (Wildman–Crippen LogP) is 2.46. The van der Waals surface area contributed by atoms with Gasteiger partial charge in [0.1, 0.15) is 6.04 Å². The van der Waals surface area contributed by atoms with E-state index < -0.39 is 5.97 Å². The highest BCUT2D eigenvalue weighted by atomic mass is 32.2. The van der Waals surface area contributed by atoms with Crippen LogP contribution in [0.25, 0.3) is 0 Å². The summed E-state index contributed by atoms with van der Waals surface area (Å²) in [5.41, 5.74) is 0. The van der Waals surface area contributed by atoms with Crippen LogP contribution in [0.2, 0.25) is 0 Å².